The monoisotopic (exact) mass is 584 g/mol. The van der Waals surface area contributed by atoms with Crippen LogP contribution in [0.1, 0.15) is 27.4 Å². The number of pyridine rings is 1. The zero-order chi connectivity index (χ0) is 29.2. The van der Waals surface area contributed by atoms with Crippen molar-refractivity contribution in [3.8, 4) is 5.75 Å². The van der Waals surface area contributed by atoms with Gasteiger partial charge in [0.1, 0.15) is 34.8 Å². The number of ether oxygens (including phenoxy) is 1. The molecule has 14 heteroatoms. The number of carbonyl (C=O) groups is 2. The molecule has 0 radical (unpaired) electrons. The summed E-state index contributed by atoms with van der Waals surface area (Å²) in [5, 5.41) is 14.2. The van der Waals surface area contributed by atoms with Gasteiger partial charge >= 0.3 is 6.18 Å². The fourth-order valence-corrected chi connectivity index (χ4v) is 4.60. The van der Waals surface area contributed by atoms with Gasteiger partial charge in [-0.25, -0.2) is 13.8 Å². The maximum Gasteiger partial charge on any atom is 0.421 e. The number of aliphatic hydroxyl groups is 1. The topological polar surface area (TPSA) is 104 Å². The second kappa shape index (κ2) is 11.6. The zero-order valence-electron chi connectivity index (χ0n) is 20.7. The number of rotatable bonds is 8. The largest absolute Gasteiger partial charge is 0.497 e. The van der Waals surface area contributed by atoms with Gasteiger partial charge in [-0.1, -0.05) is 11.6 Å². The highest BCUT2D eigenvalue weighted by molar-refractivity contribution is 6.30. The molecule has 0 aliphatic carbocycles. The highest BCUT2D eigenvalue weighted by Crippen LogP contribution is 2.43. The molecule has 212 valence electrons. The van der Waals surface area contributed by atoms with Crippen LogP contribution in [0.2, 0.25) is 5.02 Å². The molecule has 1 aromatic heterocycles. The fraction of sp³-hybridized carbons (Fsp3) is 0.269. The minimum Gasteiger partial charge on any atom is -0.497 e. The van der Waals surface area contributed by atoms with E-state index in [-0.39, 0.29) is 17.9 Å². The van der Waals surface area contributed by atoms with Crippen molar-refractivity contribution in [3.63, 3.8) is 0 Å². The summed E-state index contributed by atoms with van der Waals surface area (Å²) in [6.07, 6.45) is -4.00. The predicted molar refractivity (Wildman–Crippen MR) is 136 cm³/mol. The van der Waals surface area contributed by atoms with Crippen LogP contribution in [-0.2, 0) is 11.0 Å². The Morgan fingerprint density at radius 1 is 1.18 bits per heavy atom. The maximum absolute atomic E-state index is 15.2. The van der Waals surface area contributed by atoms with Crippen LogP contribution < -0.4 is 20.3 Å². The molecule has 4 rings (SSSR count). The van der Waals surface area contributed by atoms with Gasteiger partial charge in [-0.15, -0.1) is 0 Å². The molecular formula is C26H22ClF5N4O4. The van der Waals surface area contributed by atoms with E-state index in [2.05, 4.69) is 15.6 Å². The van der Waals surface area contributed by atoms with Crippen LogP contribution in [0.25, 0.3) is 0 Å². The Kier molecular flexibility index (Phi) is 8.45. The lowest BCUT2D eigenvalue weighted by Gasteiger charge is -2.23. The lowest BCUT2D eigenvalue weighted by atomic mass is 9.92. The van der Waals surface area contributed by atoms with Gasteiger partial charge in [0, 0.05) is 53.5 Å². The Morgan fingerprint density at radius 3 is 2.40 bits per heavy atom. The SMILES string of the molecule is COc1cc(F)c([C@@H]2CN(c3nccc(NCCO)c3C(F)(F)F)C(=O)[C@H]2NC(=O)c2ccc(Cl)cc2)c(F)c1. The molecule has 1 fully saturated rings. The Labute approximate surface area is 229 Å². The lowest BCUT2D eigenvalue weighted by molar-refractivity contribution is -0.136. The van der Waals surface area contributed by atoms with Crippen molar-refractivity contribution < 1.29 is 41.4 Å². The number of anilines is 2. The smallest absolute Gasteiger partial charge is 0.421 e. The summed E-state index contributed by atoms with van der Waals surface area (Å²) in [4.78, 5) is 31.0. The van der Waals surface area contributed by atoms with Crippen molar-refractivity contribution in [2.24, 2.45) is 0 Å². The zero-order valence-corrected chi connectivity index (χ0v) is 21.5. The molecule has 0 unspecified atom stereocenters. The summed E-state index contributed by atoms with van der Waals surface area (Å²) in [5.74, 6) is -6.58. The number of nitrogens with zero attached hydrogens (tertiary/aromatic N) is 2. The summed E-state index contributed by atoms with van der Waals surface area (Å²) < 4.78 is 77.8. The third-order valence-electron chi connectivity index (χ3n) is 6.26. The number of carbonyl (C=O) groups excluding carboxylic acids is 2. The average molecular weight is 585 g/mol. The van der Waals surface area contributed by atoms with Gasteiger partial charge < -0.3 is 20.5 Å². The highest BCUT2D eigenvalue weighted by Gasteiger charge is 2.49. The average Bonchev–Trinajstić information content (AvgIpc) is 3.21. The molecule has 2 heterocycles. The van der Waals surface area contributed by atoms with Crippen LogP contribution in [0, 0.1) is 11.6 Å². The Balaban J connectivity index is 1.82. The van der Waals surface area contributed by atoms with Crippen molar-refractivity contribution in [3.05, 3.63) is 82.0 Å². The van der Waals surface area contributed by atoms with Gasteiger partial charge in [0.05, 0.1) is 19.4 Å². The molecular weight excluding hydrogens is 563 g/mol. The van der Waals surface area contributed by atoms with Crippen molar-refractivity contribution >= 4 is 34.9 Å². The second-order valence-corrected chi connectivity index (χ2v) is 9.16. The van der Waals surface area contributed by atoms with Crippen molar-refractivity contribution in [1.82, 2.24) is 10.3 Å². The molecule has 0 spiro atoms. The van der Waals surface area contributed by atoms with Crippen LogP contribution in [0.15, 0.2) is 48.7 Å². The van der Waals surface area contributed by atoms with Crippen LogP contribution in [0.3, 0.4) is 0 Å². The van der Waals surface area contributed by atoms with E-state index in [1.165, 1.54) is 31.4 Å². The first-order valence-corrected chi connectivity index (χ1v) is 12.2. The third kappa shape index (κ3) is 5.80. The molecule has 1 aliphatic rings. The standard InChI is InChI=1S/C26H22ClF5N4O4/c1-40-15-10-17(28)20(18(29)11-15)16-12-36(23-21(26(30,31)32)19(6-7-34-23)33-8-9-37)25(39)22(16)35-24(38)13-2-4-14(27)5-3-13/h2-7,10-11,16,22,37H,8-9,12H2,1H3,(H,33,34)(H,35,38)/t16-,22-/m0/s1. The van der Waals surface area contributed by atoms with Crippen LogP contribution in [0.5, 0.6) is 5.75 Å². The Bertz CT molecular complexity index is 1400. The molecule has 2 amide bonds. The summed E-state index contributed by atoms with van der Waals surface area (Å²) >= 11 is 5.85. The number of alkyl halides is 3. The number of nitrogens with one attached hydrogen (secondary N) is 2. The molecule has 8 nitrogen and oxygen atoms in total. The van der Waals surface area contributed by atoms with E-state index in [4.69, 9.17) is 21.4 Å². The van der Waals surface area contributed by atoms with E-state index in [1.54, 1.807) is 0 Å². The highest BCUT2D eigenvalue weighted by atomic mass is 35.5. The molecule has 0 saturated carbocycles. The van der Waals surface area contributed by atoms with Gasteiger partial charge in [-0.2, -0.15) is 13.2 Å². The van der Waals surface area contributed by atoms with E-state index < -0.39 is 77.4 Å². The Hall–Kier alpha value is -3.97. The number of aliphatic hydroxyl groups excluding tert-OH is 1. The third-order valence-corrected chi connectivity index (χ3v) is 6.52. The fourth-order valence-electron chi connectivity index (χ4n) is 4.47. The van der Waals surface area contributed by atoms with Crippen molar-refractivity contribution in [1.29, 1.82) is 0 Å². The normalized spacial score (nSPS) is 17.2. The lowest BCUT2D eigenvalue weighted by Crippen LogP contribution is -2.44. The van der Waals surface area contributed by atoms with E-state index >= 15 is 8.78 Å². The molecule has 40 heavy (non-hydrogen) atoms. The molecule has 2 aromatic carbocycles. The van der Waals surface area contributed by atoms with Crippen molar-refractivity contribution in [2.45, 2.75) is 18.1 Å². The van der Waals surface area contributed by atoms with Crippen LogP contribution in [0.4, 0.5) is 33.5 Å². The number of hydrogen-bond acceptors (Lipinski definition) is 6. The van der Waals surface area contributed by atoms with Crippen molar-refractivity contribution in [2.75, 3.05) is 37.0 Å². The second-order valence-electron chi connectivity index (χ2n) is 8.72. The van der Waals surface area contributed by atoms with Crippen LogP contribution in [-0.4, -0.2) is 54.8 Å². The van der Waals surface area contributed by atoms with E-state index in [9.17, 15) is 22.8 Å². The number of aromatic nitrogens is 1. The van der Waals surface area contributed by atoms with Crippen LogP contribution >= 0.6 is 11.6 Å². The van der Waals surface area contributed by atoms with E-state index in [0.717, 1.165) is 24.4 Å². The van der Waals surface area contributed by atoms with Gasteiger partial charge in [-0.3, -0.25) is 14.5 Å². The van der Waals surface area contributed by atoms with Gasteiger partial charge in [0.15, 0.2) is 0 Å². The molecule has 1 saturated heterocycles. The number of hydrogen-bond donors (Lipinski definition) is 3. The summed E-state index contributed by atoms with van der Waals surface area (Å²) in [7, 11) is 1.19. The molecule has 0 bridgehead atoms. The number of amides is 2. The van der Waals surface area contributed by atoms with Gasteiger partial charge in [0.25, 0.3) is 11.8 Å². The van der Waals surface area contributed by atoms with E-state index in [0.29, 0.717) is 9.92 Å². The summed E-state index contributed by atoms with van der Waals surface area (Å²) in [5.41, 5.74) is -2.36. The summed E-state index contributed by atoms with van der Waals surface area (Å²) in [6.45, 7) is -1.36. The number of halogens is 6. The predicted octanol–water partition coefficient (Wildman–Crippen LogP) is 4.37. The molecule has 2 atom stereocenters. The first-order valence-electron chi connectivity index (χ1n) is 11.8. The Morgan fingerprint density at radius 2 is 1.82 bits per heavy atom. The maximum atomic E-state index is 15.2. The van der Waals surface area contributed by atoms with Gasteiger partial charge in [0.2, 0.25) is 0 Å². The molecule has 3 aromatic rings. The number of benzene rings is 2. The quantitative estimate of drug-likeness (QED) is 0.340. The first-order chi connectivity index (χ1) is 19.0. The summed E-state index contributed by atoms with van der Waals surface area (Å²) in [6, 6.07) is 6.58. The molecule has 3 N–H and O–H groups in total. The minimum atomic E-state index is -5.02. The molecule has 1 aliphatic heterocycles. The van der Waals surface area contributed by atoms with Gasteiger partial charge in [-0.05, 0) is 30.3 Å². The minimum absolute atomic E-state index is 0.0504. The number of methoxy groups -OCH3 is 1. The first kappa shape index (κ1) is 29.0. The van der Waals surface area contributed by atoms with E-state index in [1.807, 2.05) is 0 Å².